The van der Waals surface area contributed by atoms with Gasteiger partial charge in [0, 0.05) is 42.0 Å². The van der Waals surface area contributed by atoms with Crippen molar-refractivity contribution in [2.24, 2.45) is 0 Å². The number of benzene rings is 6. The van der Waals surface area contributed by atoms with Gasteiger partial charge in [0.15, 0.2) is 0 Å². The average Bonchev–Trinajstić information content (AvgIpc) is 3.58. The standard InChI is InChI=1S/C37H25NS/c1-37(2)34-24-10-4-3-9-22(24)15-17-27(34)28-18-19-29-25-11-5-7-13-31(25)38(36(29)35(28)37)23-16-20-33-30(21-23)26-12-6-8-14-32(26)39-33/h3-21H,1-2H3. The monoisotopic (exact) mass is 515 g/mol. The molecule has 39 heavy (non-hydrogen) atoms. The molecular weight excluding hydrogens is 490 g/mol. The Hall–Kier alpha value is -4.40. The molecule has 0 spiro atoms. The van der Waals surface area contributed by atoms with E-state index < -0.39 is 0 Å². The van der Waals surface area contributed by atoms with Gasteiger partial charge in [-0.3, -0.25) is 0 Å². The van der Waals surface area contributed by atoms with E-state index in [9.17, 15) is 0 Å². The van der Waals surface area contributed by atoms with Gasteiger partial charge in [-0.1, -0.05) is 98.8 Å². The van der Waals surface area contributed by atoms with Gasteiger partial charge in [0.05, 0.1) is 11.0 Å². The van der Waals surface area contributed by atoms with Gasteiger partial charge in [0.2, 0.25) is 0 Å². The summed E-state index contributed by atoms with van der Waals surface area (Å²) in [6.45, 7) is 4.84. The van der Waals surface area contributed by atoms with Crippen molar-refractivity contribution in [1.29, 1.82) is 0 Å². The zero-order chi connectivity index (χ0) is 25.9. The van der Waals surface area contributed by atoms with Crippen molar-refractivity contribution in [3.05, 3.63) is 126 Å². The first-order valence-electron chi connectivity index (χ1n) is 13.6. The summed E-state index contributed by atoms with van der Waals surface area (Å²) in [6, 6.07) is 42.9. The Morgan fingerprint density at radius 1 is 0.538 bits per heavy atom. The summed E-state index contributed by atoms with van der Waals surface area (Å²) >= 11 is 1.88. The molecular formula is C37H25NS. The lowest BCUT2D eigenvalue weighted by Crippen LogP contribution is -2.17. The Morgan fingerprint density at radius 3 is 2.13 bits per heavy atom. The molecule has 2 heteroatoms. The van der Waals surface area contributed by atoms with E-state index in [1.165, 1.54) is 80.7 Å². The molecule has 0 unspecified atom stereocenters. The van der Waals surface area contributed by atoms with E-state index >= 15 is 0 Å². The molecule has 1 aliphatic rings. The molecule has 1 aliphatic carbocycles. The molecule has 0 saturated carbocycles. The van der Waals surface area contributed by atoms with Gasteiger partial charge in [-0.15, -0.1) is 11.3 Å². The van der Waals surface area contributed by atoms with Gasteiger partial charge in [0.25, 0.3) is 0 Å². The molecule has 0 aliphatic heterocycles. The topological polar surface area (TPSA) is 4.93 Å². The van der Waals surface area contributed by atoms with Gasteiger partial charge in [-0.25, -0.2) is 0 Å². The van der Waals surface area contributed by atoms with E-state index in [4.69, 9.17) is 0 Å². The summed E-state index contributed by atoms with van der Waals surface area (Å²) in [5, 5.41) is 7.97. The van der Waals surface area contributed by atoms with Crippen molar-refractivity contribution < 1.29 is 0 Å². The minimum Gasteiger partial charge on any atom is -0.309 e. The SMILES string of the molecule is CC1(C)c2c(ccc3ccccc23)-c2ccc3c4ccccc4n(-c4ccc5sc6ccccc6c5c4)c3c21. The third kappa shape index (κ3) is 2.69. The second-order valence-corrected chi connectivity index (χ2v) is 12.4. The number of nitrogens with zero attached hydrogens (tertiary/aromatic N) is 1. The van der Waals surface area contributed by atoms with E-state index in [0.29, 0.717) is 0 Å². The number of rotatable bonds is 1. The maximum atomic E-state index is 2.53. The Labute approximate surface area is 230 Å². The van der Waals surface area contributed by atoms with Crippen molar-refractivity contribution in [1.82, 2.24) is 4.57 Å². The lowest BCUT2D eigenvalue weighted by Gasteiger charge is -2.25. The van der Waals surface area contributed by atoms with Crippen LogP contribution in [0.25, 0.3) is 69.6 Å². The van der Waals surface area contributed by atoms with Crippen LogP contribution in [0.1, 0.15) is 25.0 Å². The van der Waals surface area contributed by atoms with Crippen molar-refractivity contribution >= 4 is 64.1 Å². The zero-order valence-electron chi connectivity index (χ0n) is 21.8. The molecule has 9 rings (SSSR count). The largest absolute Gasteiger partial charge is 0.309 e. The van der Waals surface area contributed by atoms with Crippen molar-refractivity contribution in [2.75, 3.05) is 0 Å². The fourth-order valence-corrected chi connectivity index (χ4v) is 8.42. The van der Waals surface area contributed by atoms with Crippen LogP contribution in [-0.2, 0) is 5.41 Å². The first kappa shape index (κ1) is 21.5. The highest BCUT2D eigenvalue weighted by Gasteiger charge is 2.39. The second-order valence-electron chi connectivity index (χ2n) is 11.3. The summed E-state index contributed by atoms with van der Waals surface area (Å²) < 4.78 is 5.21. The maximum absolute atomic E-state index is 2.53. The molecule has 2 heterocycles. The first-order chi connectivity index (χ1) is 19.1. The van der Waals surface area contributed by atoms with Crippen LogP contribution < -0.4 is 0 Å². The molecule has 8 aromatic rings. The number of thiophene rings is 1. The third-order valence-corrected chi connectivity index (χ3v) is 10.1. The highest BCUT2D eigenvalue weighted by Crippen LogP contribution is 2.55. The predicted octanol–water partition coefficient (Wildman–Crippen LogP) is 10.6. The zero-order valence-corrected chi connectivity index (χ0v) is 22.6. The summed E-state index contributed by atoms with van der Waals surface area (Å²) in [6.07, 6.45) is 0. The Balaban J connectivity index is 1.44. The van der Waals surface area contributed by atoms with Gasteiger partial charge in [0.1, 0.15) is 0 Å². The number of aromatic nitrogens is 1. The van der Waals surface area contributed by atoms with E-state index in [0.717, 1.165) is 0 Å². The first-order valence-corrected chi connectivity index (χ1v) is 14.4. The van der Waals surface area contributed by atoms with Gasteiger partial charge in [-0.05, 0) is 63.4 Å². The molecule has 0 bridgehead atoms. The molecule has 0 atom stereocenters. The van der Waals surface area contributed by atoms with Crippen molar-refractivity contribution in [2.45, 2.75) is 19.3 Å². The number of hydrogen-bond donors (Lipinski definition) is 0. The van der Waals surface area contributed by atoms with E-state index in [1.807, 2.05) is 11.3 Å². The maximum Gasteiger partial charge on any atom is 0.0588 e. The Kier molecular flexibility index (Phi) is 4.07. The third-order valence-electron chi connectivity index (χ3n) is 8.92. The average molecular weight is 516 g/mol. The van der Waals surface area contributed by atoms with Gasteiger partial charge in [-0.2, -0.15) is 0 Å². The van der Waals surface area contributed by atoms with Gasteiger partial charge < -0.3 is 4.57 Å². The van der Waals surface area contributed by atoms with Crippen LogP contribution in [0.5, 0.6) is 0 Å². The molecule has 0 fully saturated rings. The van der Waals surface area contributed by atoms with Crippen LogP contribution in [-0.4, -0.2) is 4.57 Å². The fourth-order valence-electron chi connectivity index (χ4n) is 7.33. The highest BCUT2D eigenvalue weighted by molar-refractivity contribution is 7.25. The van der Waals surface area contributed by atoms with Crippen LogP contribution in [0.3, 0.4) is 0 Å². The lowest BCUT2D eigenvalue weighted by atomic mass is 9.79. The summed E-state index contributed by atoms with van der Waals surface area (Å²) in [4.78, 5) is 0. The smallest absolute Gasteiger partial charge is 0.0588 e. The fraction of sp³-hybridized carbons (Fsp3) is 0.0811. The minimum absolute atomic E-state index is 0.143. The summed E-state index contributed by atoms with van der Waals surface area (Å²) in [5.41, 5.74) is 9.27. The summed E-state index contributed by atoms with van der Waals surface area (Å²) in [7, 11) is 0. The van der Waals surface area contributed by atoms with E-state index in [-0.39, 0.29) is 5.41 Å². The van der Waals surface area contributed by atoms with Crippen LogP contribution >= 0.6 is 11.3 Å². The van der Waals surface area contributed by atoms with Crippen molar-refractivity contribution in [3.8, 4) is 16.8 Å². The molecule has 0 radical (unpaired) electrons. The van der Waals surface area contributed by atoms with Crippen LogP contribution in [0.4, 0.5) is 0 Å². The number of para-hydroxylation sites is 1. The second kappa shape index (κ2) is 7.37. The molecule has 6 aromatic carbocycles. The molecule has 1 nitrogen and oxygen atoms in total. The highest BCUT2D eigenvalue weighted by atomic mass is 32.1. The Morgan fingerprint density at radius 2 is 1.23 bits per heavy atom. The summed E-state index contributed by atoms with van der Waals surface area (Å²) in [5.74, 6) is 0. The molecule has 0 saturated heterocycles. The van der Waals surface area contributed by atoms with Gasteiger partial charge >= 0.3 is 0 Å². The number of fused-ring (bicyclic) bond motifs is 12. The normalized spacial score (nSPS) is 14.1. The minimum atomic E-state index is -0.143. The van der Waals surface area contributed by atoms with Crippen LogP contribution in [0.2, 0.25) is 0 Å². The predicted molar refractivity (Wildman–Crippen MR) is 169 cm³/mol. The Bertz CT molecular complexity index is 2310. The molecule has 2 aromatic heterocycles. The quantitative estimate of drug-likeness (QED) is 0.205. The van der Waals surface area contributed by atoms with Crippen LogP contribution in [0, 0.1) is 0 Å². The van der Waals surface area contributed by atoms with E-state index in [1.54, 1.807) is 0 Å². The molecule has 0 N–H and O–H groups in total. The lowest BCUT2D eigenvalue weighted by molar-refractivity contribution is 0.670. The molecule has 0 amide bonds. The number of hydrogen-bond acceptors (Lipinski definition) is 1. The molecule has 184 valence electrons. The van der Waals surface area contributed by atoms with Crippen LogP contribution in [0.15, 0.2) is 115 Å². The van der Waals surface area contributed by atoms with E-state index in [2.05, 4.69) is 134 Å². The van der Waals surface area contributed by atoms with Crippen molar-refractivity contribution in [3.63, 3.8) is 0 Å².